The van der Waals surface area contributed by atoms with E-state index < -0.39 is 0 Å². The number of aromatic amines is 1. The maximum Gasteiger partial charge on any atom is 0.283 e. The van der Waals surface area contributed by atoms with Crippen LogP contribution >= 0.6 is 0 Å². The van der Waals surface area contributed by atoms with Crippen LogP contribution in [0.4, 0.5) is 0 Å². The number of nitrogens with one attached hydrogen (secondary N) is 1. The van der Waals surface area contributed by atoms with Crippen molar-refractivity contribution in [3.8, 4) is 11.7 Å². The van der Waals surface area contributed by atoms with Crippen LogP contribution in [-0.4, -0.2) is 38.2 Å². The predicted molar refractivity (Wildman–Crippen MR) is 73.2 cm³/mol. The predicted octanol–water partition coefficient (Wildman–Crippen LogP) is 2.04. The molecular formula is C14H15N5O2. The van der Waals surface area contributed by atoms with Crippen molar-refractivity contribution in [3.05, 3.63) is 42.5 Å². The molecule has 7 heteroatoms. The van der Waals surface area contributed by atoms with E-state index in [2.05, 4.69) is 25.1 Å². The van der Waals surface area contributed by atoms with Gasteiger partial charge in [-0.1, -0.05) is 0 Å². The summed E-state index contributed by atoms with van der Waals surface area (Å²) in [7, 11) is 0. The Bertz CT molecular complexity index is 689. The maximum atomic E-state index is 5.73. The lowest BCUT2D eigenvalue weighted by atomic mass is 10.1. The Balaban J connectivity index is 1.43. The number of hydrogen-bond acceptors (Lipinski definition) is 6. The number of nitrogens with zero attached hydrogens (tertiary/aromatic N) is 4. The number of rotatable bonds is 4. The van der Waals surface area contributed by atoms with Crippen LogP contribution < -0.4 is 0 Å². The Labute approximate surface area is 121 Å². The van der Waals surface area contributed by atoms with Gasteiger partial charge in [-0.25, -0.2) is 4.98 Å². The van der Waals surface area contributed by atoms with Crippen LogP contribution in [0, 0.1) is 0 Å². The maximum absolute atomic E-state index is 5.73. The average Bonchev–Trinajstić information content (AvgIpc) is 3.28. The summed E-state index contributed by atoms with van der Waals surface area (Å²) < 4.78 is 11.0. The molecule has 0 amide bonds. The molecule has 108 valence electrons. The van der Waals surface area contributed by atoms with Gasteiger partial charge in [0, 0.05) is 18.9 Å². The highest BCUT2D eigenvalue weighted by Gasteiger charge is 2.29. The summed E-state index contributed by atoms with van der Waals surface area (Å²) in [5.41, 5.74) is 0. The summed E-state index contributed by atoms with van der Waals surface area (Å²) in [5, 5.41) is 8.22. The van der Waals surface area contributed by atoms with Crippen molar-refractivity contribution in [2.45, 2.75) is 18.9 Å². The molecule has 0 radical (unpaired) electrons. The molecule has 0 aromatic carbocycles. The highest BCUT2D eigenvalue weighted by molar-refractivity contribution is 5.42. The minimum absolute atomic E-state index is 0.274. The largest absolute Gasteiger partial charge is 0.459 e. The number of aromatic nitrogens is 4. The van der Waals surface area contributed by atoms with Crippen molar-refractivity contribution >= 4 is 0 Å². The van der Waals surface area contributed by atoms with Crippen molar-refractivity contribution in [2.24, 2.45) is 0 Å². The van der Waals surface area contributed by atoms with E-state index >= 15 is 0 Å². The van der Waals surface area contributed by atoms with Crippen molar-refractivity contribution < 1.29 is 8.83 Å². The second-order valence-electron chi connectivity index (χ2n) is 5.18. The van der Waals surface area contributed by atoms with Crippen molar-refractivity contribution in [2.75, 3.05) is 13.1 Å². The van der Waals surface area contributed by atoms with Gasteiger partial charge in [0.1, 0.15) is 5.82 Å². The number of likely N-dealkylation sites (tertiary alicyclic amines) is 1. The Morgan fingerprint density at radius 2 is 2.38 bits per heavy atom. The molecule has 1 fully saturated rings. The first kappa shape index (κ1) is 12.3. The molecule has 7 nitrogen and oxygen atoms in total. The molecule has 1 aliphatic heterocycles. The van der Waals surface area contributed by atoms with E-state index in [1.54, 1.807) is 18.5 Å². The van der Waals surface area contributed by atoms with Gasteiger partial charge in [0.2, 0.25) is 5.89 Å². The van der Waals surface area contributed by atoms with E-state index in [1.165, 1.54) is 0 Å². The molecule has 4 rings (SSSR count). The van der Waals surface area contributed by atoms with Crippen LogP contribution in [0.25, 0.3) is 11.7 Å². The first-order valence-electron chi connectivity index (χ1n) is 6.96. The van der Waals surface area contributed by atoms with Gasteiger partial charge in [-0.15, -0.1) is 10.2 Å². The average molecular weight is 285 g/mol. The SMILES string of the molecule is c1coc(-c2nnc([C@H]3CCN(Cc4ncc[nH]4)C3)o2)c1. The van der Waals surface area contributed by atoms with Crippen LogP contribution in [0.1, 0.15) is 24.1 Å². The molecule has 1 saturated heterocycles. The Kier molecular flexibility index (Phi) is 3.04. The summed E-state index contributed by atoms with van der Waals surface area (Å²) in [6, 6.07) is 3.62. The molecule has 3 aromatic heterocycles. The van der Waals surface area contributed by atoms with Gasteiger partial charge in [-0.3, -0.25) is 4.90 Å². The molecule has 0 saturated carbocycles. The Morgan fingerprint density at radius 1 is 1.38 bits per heavy atom. The number of hydrogen-bond donors (Lipinski definition) is 1. The van der Waals surface area contributed by atoms with E-state index in [4.69, 9.17) is 8.83 Å². The van der Waals surface area contributed by atoms with Gasteiger partial charge in [0.25, 0.3) is 5.89 Å². The highest BCUT2D eigenvalue weighted by atomic mass is 16.4. The van der Waals surface area contributed by atoms with Crippen molar-refractivity contribution in [3.63, 3.8) is 0 Å². The molecule has 3 aromatic rings. The second kappa shape index (κ2) is 5.17. The zero-order valence-corrected chi connectivity index (χ0v) is 11.4. The molecule has 4 heterocycles. The number of furan rings is 1. The topological polar surface area (TPSA) is 84.0 Å². The second-order valence-corrected chi connectivity index (χ2v) is 5.18. The van der Waals surface area contributed by atoms with E-state index in [9.17, 15) is 0 Å². The smallest absolute Gasteiger partial charge is 0.283 e. The van der Waals surface area contributed by atoms with Crippen molar-refractivity contribution in [1.82, 2.24) is 25.1 Å². The molecule has 21 heavy (non-hydrogen) atoms. The minimum Gasteiger partial charge on any atom is -0.459 e. The summed E-state index contributed by atoms with van der Waals surface area (Å²) in [4.78, 5) is 9.71. The van der Waals surface area contributed by atoms with E-state index in [0.29, 0.717) is 17.5 Å². The Morgan fingerprint density at radius 3 is 3.19 bits per heavy atom. The first-order chi connectivity index (χ1) is 10.4. The Hall–Kier alpha value is -2.41. The van der Waals surface area contributed by atoms with Crippen LogP contribution in [-0.2, 0) is 6.54 Å². The monoisotopic (exact) mass is 285 g/mol. The molecule has 0 bridgehead atoms. The van der Waals surface area contributed by atoms with Gasteiger partial charge in [-0.2, -0.15) is 0 Å². The molecule has 1 atom stereocenters. The van der Waals surface area contributed by atoms with Gasteiger partial charge in [0.05, 0.1) is 18.7 Å². The van der Waals surface area contributed by atoms with Crippen LogP contribution in [0.15, 0.2) is 39.6 Å². The van der Waals surface area contributed by atoms with Crippen LogP contribution in [0.3, 0.4) is 0 Å². The van der Waals surface area contributed by atoms with Gasteiger partial charge in [0.15, 0.2) is 5.76 Å². The summed E-state index contributed by atoms with van der Waals surface area (Å²) in [6.45, 7) is 2.73. The minimum atomic E-state index is 0.274. The zero-order valence-electron chi connectivity index (χ0n) is 11.4. The summed E-state index contributed by atoms with van der Waals surface area (Å²) >= 11 is 0. The number of imidazole rings is 1. The standard InChI is InChI=1S/C14H15N5O2/c1-2-11(20-7-1)14-18-17-13(21-14)10-3-6-19(8-10)9-12-15-4-5-16-12/h1-2,4-5,7,10H,3,6,8-9H2,(H,15,16)/t10-/m0/s1. The van der Waals surface area contributed by atoms with E-state index in [0.717, 1.165) is 31.9 Å². The molecule has 0 spiro atoms. The van der Waals surface area contributed by atoms with Gasteiger partial charge >= 0.3 is 0 Å². The third-order valence-electron chi connectivity index (χ3n) is 3.72. The number of H-pyrrole nitrogens is 1. The molecule has 1 N–H and O–H groups in total. The lowest BCUT2D eigenvalue weighted by Gasteiger charge is -2.12. The van der Waals surface area contributed by atoms with Crippen molar-refractivity contribution in [1.29, 1.82) is 0 Å². The van der Waals surface area contributed by atoms with Crippen LogP contribution in [0.5, 0.6) is 0 Å². The lowest BCUT2D eigenvalue weighted by Crippen LogP contribution is -2.20. The normalized spacial score (nSPS) is 19.3. The molecule has 0 aliphatic carbocycles. The molecule has 1 aliphatic rings. The van der Waals surface area contributed by atoms with E-state index in [-0.39, 0.29) is 5.92 Å². The zero-order chi connectivity index (χ0) is 14.1. The fourth-order valence-corrected chi connectivity index (χ4v) is 2.67. The lowest BCUT2D eigenvalue weighted by molar-refractivity contribution is 0.313. The van der Waals surface area contributed by atoms with Gasteiger partial charge < -0.3 is 13.8 Å². The highest BCUT2D eigenvalue weighted by Crippen LogP contribution is 2.29. The molecular weight excluding hydrogens is 270 g/mol. The fraction of sp³-hybridized carbons (Fsp3) is 0.357. The quantitative estimate of drug-likeness (QED) is 0.789. The summed E-state index contributed by atoms with van der Waals surface area (Å²) in [5.74, 6) is 3.00. The fourth-order valence-electron chi connectivity index (χ4n) is 2.67. The van der Waals surface area contributed by atoms with E-state index in [1.807, 2.05) is 12.3 Å². The summed E-state index contributed by atoms with van der Waals surface area (Å²) in [6.07, 6.45) is 6.23. The third kappa shape index (κ3) is 2.47. The third-order valence-corrected chi connectivity index (χ3v) is 3.72. The molecule has 0 unspecified atom stereocenters. The first-order valence-corrected chi connectivity index (χ1v) is 6.96. The van der Waals surface area contributed by atoms with Crippen LogP contribution in [0.2, 0.25) is 0 Å². The van der Waals surface area contributed by atoms with Gasteiger partial charge in [-0.05, 0) is 25.1 Å².